The molecule has 1 saturated heterocycles. The summed E-state index contributed by atoms with van der Waals surface area (Å²) in [5.41, 5.74) is 1.41. The monoisotopic (exact) mass is 364 g/mol. The number of halogens is 1. The molecule has 0 atom stereocenters. The van der Waals surface area contributed by atoms with Crippen LogP contribution < -0.4 is 5.32 Å². The lowest BCUT2D eigenvalue weighted by Gasteiger charge is -2.38. The number of nitrogens with one attached hydrogen (secondary N) is 2. The van der Waals surface area contributed by atoms with Crippen LogP contribution in [0, 0.1) is 0 Å². The first-order valence-electron chi connectivity index (χ1n) is 7.17. The van der Waals surface area contributed by atoms with E-state index in [9.17, 15) is 4.79 Å². The quantitative estimate of drug-likeness (QED) is 0.869. The van der Waals surface area contributed by atoms with Gasteiger partial charge in [0.15, 0.2) is 5.69 Å². The number of rotatable bonds is 4. The van der Waals surface area contributed by atoms with Gasteiger partial charge in [-0.15, -0.1) is 0 Å². The van der Waals surface area contributed by atoms with Gasteiger partial charge in [-0.3, -0.25) is 4.79 Å². The largest absolute Gasteiger partial charge is 0.381 e. The Morgan fingerprint density at radius 2 is 2.23 bits per heavy atom. The third kappa shape index (κ3) is 3.20. The van der Waals surface area contributed by atoms with E-state index in [1.807, 2.05) is 12.1 Å². The number of carbonyl (C=O) groups excluding carboxylic acids is 1. The molecule has 0 bridgehead atoms. The maximum Gasteiger partial charge on any atom is 0.273 e. The number of benzene rings is 1. The highest BCUT2D eigenvalue weighted by molar-refractivity contribution is 9.10. The Labute approximate surface area is 136 Å². The van der Waals surface area contributed by atoms with Crippen LogP contribution in [0.3, 0.4) is 0 Å². The fourth-order valence-corrected chi connectivity index (χ4v) is 3.20. The van der Waals surface area contributed by atoms with Gasteiger partial charge in [0.2, 0.25) is 0 Å². The summed E-state index contributed by atoms with van der Waals surface area (Å²) in [4.78, 5) is 12.1. The van der Waals surface area contributed by atoms with Gasteiger partial charge in [-0.1, -0.05) is 28.1 Å². The predicted molar refractivity (Wildman–Crippen MR) is 84.6 cm³/mol. The molecule has 22 heavy (non-hydrogen) atoms. The van der Waals surface area contributed by atoms with Gasteiger partial charge in [0.25, 0.3) is 5.91 Å². The van der Waals surface area contributed by atoms with E-state index in [-0.39, 0.29) is 11.3 Å². The summed E-state index contributed by atoms with van der Waals surface area (Å²) in [5.74, 6) is -0.213. The average Bonchev–Trinajstić information content (AvgIpc) is 3.08. The number of nitrogens with zero attached hydrogens (tertiary/aromatic N) is 2. The zero-order chi connectivity index (χ0) is 15.4. The minimum absolute atomic E-state index is 0.110. The number of aromatic amines is 1. The van der Waals surface area contributed by atoms with Gasteiger partial charge in [-0.25, -0.2) is 0 Å². The van der Waals surface area contributed by atoms with Crippen LogP contribution in [0.15, 0.2) is 34.9 Å². The summed E-state index contributed by atoms with van der Waals surface area (Å²) >= 11 is 3.52. The minimum atomic E-state index is -0.213. The van der Waals surface area contributed by atoms with Crippen LogP contribution in [-0.2, 0) is 10.2 Å². The number of hydrogen-bond acceptors (Lipinski definition) is 4. The number of amides is 1. The van der Waals surface area contributed by atoms with E-state index in [2.05, 4.69) is 48.8 Å². The lowest BCUT2D eigenvalue weighted by atomic mass is 9.74. The van der Waals surface area contributed by atoms with Crippen LogP contribution >= 0.6 is 15.9 Å². The van der Waals surface area contributed by atoms with Crippen LogP contribution in [0.2, 0.25) is 0 Å². The third-order valence-corrected chi connectivity index (χ3v) is 4.62. The zero-order valence-corrected chi connectivity index (χ0v) is 13.6. The van der Waals surface area contributed by atoms with Gasteiger partial charge in [-0.2, -0.15) is 15.4 Å². The zero-order valence-electron chi connectivity index (χ0n) is 12.0. The van der Waals surface area contributed by atoms with Crippen molar-refractivity contribution in [2.24, 2.45) is 0 Å². The van der Waals surface area contributed by atoms with Crippen molar-refractivity contribution < 1.29 is 9.53 Å². The summed E-state index contributed by atoms with van der Waals surface area (Å²) in [5, 5.41) is 12.9. The highest BCUT2D eigenvalue weighted by atomic mass is 79.9. The van der Waals surface area contributed by atoms with Crippen molar-refractivity contribution in [3.63, 3.8) is 0 Å². The molecule has 1 aromatic carbocycles. The molecule has 0 spiro atoms. The molecule has 2 N–H and O–H groups in total. The number of ether oxygens (including phenoxy) is 1. The Kier molecular flexibility index (Phi) is 4.54. The van der Waals surface area contributed by atoms with Crippen molar-refractivity contribution >= 4 is 21.8 Å². The summed E-state index contributed by atoms with van der Waals surface area (Å²) < 4.78 is 6.54. The first-order chi connectivity index (χ1) is 10.7. The van der Waals surface area contributed by atoms with Crippen LogP contribution in [0.25, 0.3) is 0 Å². The van der Waals surface area contributed by atoms with Gasteiger partial charge < -0.3 is 10.1 Å². The van der Waals surface area contributed by atoms with E-state index in [1.165, 1.54) is 11.8 Å². The summed E-state index contributed by atoms with van der Waals surface area (Å²) in [6.45, 7) is 1.96. The van der Waals surface area contributed by atoms with Gasteiger partial charge >= 0.3 is 0 Å². The van der Waals surface area contributed by atoms with Crippen LogP contribution in [-0.4, -0.2) is 41.1 Å². The first kappa shape index (κ1) is 15.2. The molecule has 0 aliphatic carbocycles. The van der Waals surface area contributed by atoms with Crippen molar-refractivity contribution in [3.8, 4) is 0 Å². The number of aromatic nitrogens is 3. The second-order valence-corrected chi connectivity index (χ2v) is 6.36. The molecule has 2 heterocycles. The Balaban J connectivity index is 1.79. The van der Waals surface area contributed by atoms with Crippen LogP contribution in [0.5, 0.6) is 0 Å². The fraction of sp³-hybridized carbons (Fsp3) is 0.400. The standard InChI is InChI=1S/C15H17BrN4O2/c16-12-3-1-2-11(8-12)15(4-6-22-7-5-15)10-17-14(21)13-9-18-20-19-13/h1-3,8-9H,4-7,10H2,(H,17,21)(H,18,19,20). The number of H-pyrrole nitrogens is 1. The molecule has 0 radical (unpaired) electrons. The number of hydrogen-bond donors (Lipinski definition) is 2. The Bertz CT molecular complexity index is 639. The molecule has 3 rings (SSSR count). The molecule has 116 valence electrons. The first-order valence-corrected chi connectivity index (χ1v) is 7.97. The van der Waals surface area contributed by atoms with Gasteiger partial charge in [0, 0.05) is 29.6 Å². The Morgan fingerprint density at radius 1 is 1.41 bits per heavy atom. The molecule has 1 aliphatic heterocycles. The smallest absolute Gasteiger partial charge is 0.273 e. The van der Waals surface area contributed by atoms with Gasteiger partial charge in [0.05, 0.1) is 6.20 Å². The van der Waals surface area contributed by atoms with Gasteiger partial charge in [0.1, 0.15) is 0 Å². The second kappa shape index (κ2) is 6.58. The molecular formula is C15H17BrN4O2. The van der Waals surface area contributed by atoms with Crippen molar-refractivity contribution in [1.29, 1.82) is 0 Å². The van der Waals surface area contributed by atoms with E-state index < -0.39 is 0 Å². The van der Waals surface area contributed by atoms with E-state index in [0.29, 0.717) is 25.5 Å². The summed E-state index contributed by atoms with van der Waals surface area (Å²) in [6.07, 6.45) is 3.18. The van der Waals surface area contributed by atoms with Crippen molar-refractivity contribution in [1.82, 2.24) is 20.7 Å². The lowest BCUT2D eigenvalue weighted by molar-refractivity contribution is 0.0486. The maximum atomic E-state index is 12.1. The molecule has 2 aromatic rings. The highest BCUT2D eigenvalue weighted by Gasteiger charge is 2.35. The van der Waals surface area contributed by atoms with Gasteiger partial charge in [-0.05, 0) is 30.5 Å². The maximum absolute atomic E-state index is 12.1. The normalized spacial score (nSPS) is 17.1. The predicted octanol–water partition coefficient (Wildman–Crippen LogP) is 2.05. The molecule has 1 aromatic heterocycles. The van der Waals surface area contributed by atoms with E-state index in [0.717, 1.165) is 17.3 Å². The second-order valence-electron chi connectivity index (χ2n) is 5.44. The molecule has 1 fully saturated rings. The van der Waals surface area contributed by atoms with Crippen LogP contribution in [0.1, 0.15) is 28.9 Å². The lowest BCUT2D eigenvalue weighted by Crippen LogP contribution is -2.44. The summed E-state index contributed by atoms with van der Waals surface area (Å²) in [7, 11) is 0. The molecule has 7 heteroatoms. The Morgan fingerprint density at radius 3 is 2.91 bits per heavy atom. The molecule has 6 nitrogen and oxygen atoms in total. The van der Waals surface area contributed by atoms with E-state index in [4.69, 9.17) is 4.74 Å². The average molecular weight is 365 g/mol. The third-order valence-electron chi connectivity index (χ3n) is 4.12. The van der Waals surface area contributed by atoms with Crippen LogP contribution in [0.4, 0.5) is 0 Å². The highest BCUT2D eigenvalue weighted by Crippen LogP contribution is 2.35. The molecule has 0 unspecified atom stereocenters. The number of carbonyl (C=O) groups is 1. The van der Waals surface area contributed by atoms with E-state index >= 15 is 0 Å². The summed E-state index contributed by atoms with van der Waals surface area (Å²) in [6, 6.07) is 8.26. The Hall–Kier alpha value is -1.73. The molecule has 1 aliphatic rings. The van der Waals surface area contributed by atoms with E-state index in [1.54, 1.807) is 0 Å². The molecule has 0 saturated carbocycles. The SMILES string of the molecule is O=C(NCC1(c2cccc(Br)c2)CCOCC1)c1cn[nH]n1. The topological polar surface area (TPSA) is 79.9 Å². The molecule has 1 amide bonds. The van der Waals surface area contributed by atoms with Crippen molar-refractivity contribution in [2.75, 3.05) is 19.8 Å². The molecular weight excluding hydrogens is 348 g/mol. The minimum Gasteiger partial charge on any atom is -0.381 e. The van der Waals surface area contributed by atoms with Crippen molar-refractivity contribution in [3.05, 3.63) is 46.2 Å². The fourth-order valence-electron chi connectivity index (χ4n) is 2.80. The van der Waals surface area contributed by atoms with Crippen molar-refractivity contribution in [2.45, 2.75) is 18.3 Å².